The van der Waals surface area contributed by atoms with Gasteiger partial charge in [0.25, 0.3) is 0 Å². The lowest BCUT2D eigenvalue weighted by Crippen LogP contribution is -2.40. The monoisotopic (exact) mass is 340 g/mol. The number of hydrogen-bond donors (Lipinski definition) is 2. The van der Waals surface area contributed by atoms with Gasteiger partial charge in [0.1, 0.15) is 5.75 Å². The van der Waals surface area contributed by atoms with Crippen molar-refractivity contribution in [2.45, 2.75) is 19.8 Å². The number of likely N-dealkylation sites (tertiary alicyclic amines) is 1. The minimum Gasteiger partial charge on any atom is -0.507 e. The number of aromatic hydroxyl groups is 1. The lowest BCUT2D eigenvalue weighted by atomic mass is 9.87. The van der Waals surface area contributed by atoms with Gasteiger partial charge < -0.3 is 15.4 Å². The van der Waals surface area contributed by atoms with Crippen molar-refractivity contribution in [2.75, 3.05) is 13.1 Å². The number of phenols is 1. The molecule has 0 radical (unpaired) electrons. The highest BCUT2D eigenvalue weighted by molar-refractivity contribution is 6.42. The maximum atomic E-state index is 11.9. The number of amides is 1. The highest BCUT2D eigenvalue weighted by Gasteiger charge is 2.27. The SMILES string of the molecule is C=C(C)C(=O)N1CCC(C(=N)c2cc(Cl)c(Cl)cc2O)CC1. The van der Waals surface area contributed by atoms with Gasteiger partial charge in [0.05, 0.1) is 10.0 Å². The molecule has 0 aromatic heterocycles. The summed E-state index contributed by atoms with van der Waals surface area (Å²) in [5.41, 5.74) is 1.26. The molecule has 2 N–H and O–H groups in total. The van der Waals surface area contributed by atoms with Crippen LogP contribution in [0.25, 0.3) is 0 Å². The molecule has 6 heteroatoms. The average Bonchev–Trinajstić information content (AvgIpc) is 2.49. The highest BCUT2D eigenvalue weighted by atomic mass is 35.5. The Bertz CT molecular complexity index is 635. The topological polar surface area (TPSA) is 64.4 Å². The second-order valence-electron chi connectivity index (χ2n) is 5.54. The normalized spacial score (nSPS) is 15.7. The van der Waals surface area contributed by atoms with Crippen molar-refractivity contribution >= 4 is 34.8 Å². The van der Waals surface area contributed by atoms with Crippen molar-refractivity contribution in [3.63, 3.8) is 0 Å². The van der Waals surface area contributed by atoms with E-state index in [1.807, 2.05) is 0 Å². The smallest absolute Gasteiger partial charge is 0.248 e. The van der Waals surface area contributed by atoms with E-state index >= 15 is 0 Å². The number of phenolic OH excluding ortho intramolecular Hbond substituents is 1. The van der Waals surface area contributed by atoms with Crippen LogP contribution >= 0.6 is 23.2 Å². The molecule has 2 rings (SSSR count). The molecule has 22 heavy (non-hydrogen) atoms. The third kappa shape index (κ3) is 3.45. The molecule has 1 saturated heterocycles. The molecule has 0 aliphatic carbocycles. The Morgan fingerprint density at radius 3 is 2.41 bits per heavy atom. The summed E-state index contributed by atoms with van der Waals surface area (Å²) in [7, 11) is 0. The molecule has 1 fully saturated rings. The van der Waals surface area contributed by atoms with Crippen LogP contribution in [0.15, 0.2) is 24.3 Å². The van der Waals surface area contributed by atoms with Crippen LogP contribution in [0, 0.1) is 11.3 Å². The van der Waals surface area contributed by atoms with E-state index in [9.17, 15) is 9.90 Å². The van der Waals surface area contributed by atoms with Crippen LogP contribution in [-0.4, -0.2) is 34.7 Å². The Labute approximate surface area is 139 Å². The van der Waals surface area contributed by atoms with Crippen LogP contribution in [0.4, 0.5) is 0 Å². The van der Waals surface area contributed by atoms with Crippen LogP contribution in [0.2, 0.25) is 10.0 Å². The van der Waals surface area contributed by atoms with Gasteiger partial charge in [0.2, 0.25) is 5.91 Å². The molecular formula is C16H18Cl2N2O2. The van der Waals surface area contributed by atoms with Crippen LogP contribution in [0.3, 0.4) is 0 Å². The summed E-state index contributed by atoms with van der Waals surface area (Å²) in [5.74, 6) is -0.0977. The van der Waals surface area contributed by atoms with Gasteiger partial charge >= 0.3 is 0 Å². The van der Waals surface area contributed by atoms with E-state index in [1.54, 1.807) is 11.8 Å². The van der Waals surface area contributed by atoms with E-state index < -0.39 is 0 Å². The molecule has 0 bridgehead atoms. The fraction of sp³-hybridized carbons (Fsp3) is 0.375. The first-order valence-corrected chi connectivity index (χ1v) is 7.78. The number of nitrogens with one attached hydrogen (secondary N) is 1. The first kappa shape index (κ1) is 16.8. The summed E-state index contributed by atoms with van der Waals surface area (Å²) >= 11 is 11.8. The predicted octanol–water partition coefficient (Wildman–Crippen LogP) is 3.88. The van der Waals surface area contributed by atoms with Gasteiger partial charge in [-0.3, -0.25) is 4.79 Å². The number of piperidine rings is 1. The molecule has 118 valence electrons. The fourth-order valence-electron chi connectivity index (χ4n) is 2.61. The first-order chi connectivity index (χ1) is 10.3. The van der Waals surface area contributed by atoms with E-state index in [4.69, 9.17) is 28.6 Å². The Hall–Kier alpha value is -1.52. The van der Waals surface area contributed by atoms with Gasteiger partial charge in [-0.1, -0.05) is 29.8 Å². The summed E-state index contributed by atoms with van der Waals surface area (Å²) in [6.45, 7) is 6.53. The lowest BCUT2D eigenvalue weighted by molar-refractivity contribution is -0.128. The van der Waals surface area contributed by atoms with Crippen LogP contribution in [0.5, 0.6) is 5.75 Å². The fourth-order valence-corrected chi connectivity index (χ4v) is 2.93. The van der Waals surface area contributed by atoms with Gasteiger partial charge in [-0.25, -0.2) is 0 Å². The number of halogens is 2. The summed E-state index contributed by atoms with van der Waals surface area (Å²) in [5, 5.41) is 18.9. The van der Waals surface area contributed by atoms with E-state index in [2.05, 4.69) is 6.58 Å². The zero-order valence-corrected chi connectivity index (χ0v) is 13.8. The number of carbonyl (C=O) groups is 1. The van der Waals surface area contributed by atoms with Gasteiger partial charge in [0, 0.05) is 41.9 Å². The third-order valence-electron chi connectivity index (χ3n) is 3.88. The molecular weight excluding hydrogens is 323 g/mol. The minimum absolute atomic E-state index is 0.0164. The Morgan fingerprint density at radius 1 is 1.32 bits per heavy atom. The van der Waals surface area contributed by atoms with Gasteiger partial charge in [-0.05, 0) is 25.8 Å². The van der Waals surface area contributed by atoms with Gasteiger partial charge in [-0.2, -0.15) is 0 Å². The number of rotatable bonds is 3. The van der Waals surface area contributed by atoms with Gasteiger partial charge in [-0.15, -0.1) is 0 Å². The van der Waals surface area contributed by atoms with Crippen molar-refractivity contribution in [3.8, 4) is 5.75 Å². The lowest BCUT2D eigenvalue weighted by Gasteiger charge is -2.32. The molecule has 1 aliphatic heterocycles. The predicted molar refractivity (Wildman–Crippen MR) is 89.1 cm³/mol. The van der Waals surface area contributed by atoms with E-state index in [0.717, 1.165) is 0 Å². The molecule has 0 spiro atoms. The second-order valence-corrected chi connectivity index (χ2v) is 6.36. The Kier molecular flexibility index (Phi) is 5.14. The standard InChI is InChI=1S/C16H18Cl2N2O2/c1-9(2)16(22)20-5-3-10(4-6-20)15(19)11-7-12(17)13(18)8-14(11)21/h7-8,10,19,21H,1,3-6H2,2H3. The first-order valence-electron chi connectivity index (χ1n) is 7.03. The van der Waals surface area contributed by atoms with Gasteiger partial charge in [0.15, 0.2) is 0 Å². The Balaban J connectivity index is 2.09. The van der Waals surface area contributed by atoms with Crippen molar-refractivity contribution in [3.05, 3.63) is 39.9 Å². The molecule has 4 nitrogen and oxygen atoms in total. The quantitative estimate of drug-likeness (QED) is 0.647. The molecule has 0 unspecified atom stereocenters. The van der Waals surface area contributed by atoms with Crippen LogP contribution in [0.1, 0.15) is 25.3 Å². The summed E-state index contributed by atoms with van der Waals surface area (Å²) < 4.78 is 0. The van der Waals surface area contributed by atoms with Crippen LogP contribution in [-0.2, 0) is 4.79 Å². The molecule has 1 amide bonds. The molecule has 0 saturated carbocycles. The van der Waals surface area contributed by atoms with Crippen molar-refractivity contribution < 1.29 is 9.90 Å². The van der Waals surface area contributed by atoms with Crippen molar-refractivity contribution in [2.24, 2.45) is 5.92 Å². The van der Waals surface area contributed by atoms with Crippen molar-refractivity contribution in [1.29, 1.82) is 5.41 Å². The van der Waals surface area contributed by atoms with E-state index in [1.165, 1.54) is 12.1 Å². The molecule has 0 atom stereocenters. The zero-order chi connectivity index (χ0) is 16.4. The minimum atomic E-state index is -0.0418. The largest absolute Gasteiger partial charge is 0.507 e. The maximum Gasteiger partial charge on any atom is 0.248 e. The highest BCUT2D eigenvalue weighted by Crippen LogP contribution is 2.33. The Morgan fingerprint density at radius 2 is 1.86 bits per heavy atom. The second kappa shape index (κ2) is 6.71. The summed E-state index contributed by atoms with van der Waals surface area (Å²) in [4.78, 5) is 13.6. The van der Waals surface area contributed by atoms with E-state index in [-0.39, 0.29) is 22.6 Å². The van der Waals surface area contributed by atoms with E-state index in [0.29, 0.717) is 47.8 Å². The third-order valence-corrected chi connectivity index (χ3v) is 4.61. The van der Waals surface area contributed by atoms with Crippen LogP contribution < -0.4 is 0 Å². The molecule has 1 aromatic rings. The number of nitrogens with zero attached hydrogens (tertiary/aromatic N) is 1. The summed E-state index contributed by atoms with van der Waals surface area (Å²) in [6.07, 6.45) is 1.36. The van der Waals surface area contributed by atoms with Crippen molar-refractivity contribution in [1.82, 2.24) is 4.90 Å². The summed E-state index contributed by atoms with van der Waals surface area (Å²) in [6, 6.07) is 2.88. The maximum absolute atomic E-state index is 11.9. The number of hydrogen-bond acceptors (Lipinski definition) is 3. The number of carbonyl (C=O) groups excluding carboxylic acids is 1. The molecule has 1 aliphatic rings. The number of benzene rings is 1. The average molecular weight is 341 g/mol. The molecule has 1 heterocycles. The molecule has 1 aromatic carbocycles. The zero-order valence-electron chi connectivity index (χ0n) is 12.3.